The number of amides is 1. The second kappa shape index (κ2) is 10.1. The Morgan fingerprint density at radius 1 is 1.14 bits per heavy atom. The van der Waals surface area contributed by atoms with Crippen molar-refractivity contribution in [2.75, 3.05) is 30.9 Å². The van der Waals surface area contributed by atoms with Gasteiger partial charge in [-0.25, -0.2) is 9.78 Å². The molecule has 2 N–H and O–H groups in total. The Balaban J connectivity index is 1.38. The van der Waals surface area contributed by atoms with Crippen molar-refractivity contribution in [3.8, 4) is 0 Å². The maximum atomic E-state index is 11.9. The van der Waals surface area contributed by atoms with Crippen LogP contribution in [0.5, 0.6) is 0 Å². The second-order valence-electron chi connectivity index (χ2n) is 7.89. The molecular weight excluding hydrogens is 366 g/mol. The summed E-state index contributed by atoms with van der Waals surface area (Å²) in [5, 5.41) is 6.38. The predicted molar refractivity (Wildman–Crippen MR) is 115 cm³/mol. The number of aromatic nitrogens is 2. The van der Waals surface area contributed by atoms with Crippen molar-refractivity contribution in [1.82, 2.24) is 15.3 Å². The highest BCUT2D eigenvalue weighted by atomic mass is 16.5. The topological polar surface area (TPSA) is 79.4 Å². The number of carbonyl (C=O) groups is 1. The number of anilines is 2. The summed E-state index contributed by atoms with van der Waals surface area (Å²) in [6, 6.07) is 12.1. The van der Waals surface area contributed by atoms with Crippen LogP contribution in [0.2, 0.25) is 0 Å². The molecule has 1 heterocycles. The number of alkyl carbamates (subject to hydrolysis) is 1. The smallest absolute Gasteiger partial charge is 0.407 e. The van der Waals surface area contributed by atoms with Crippen molar-refractivity contribution in [3.63, 3.8) is 0 Å². The Hall–Kier alpha value is -2.83. The van der Waals surface area contributed by atoms with Gasteiger partial charge in [0, 0.05) is 38.4 Å². The summed E-state index contributed by atoms with van der Waals surface area (Å²) in [6.45, 7) is 2.94. The predicted octanol–water partition coefficient (Wildman–Crippen LogP) is 3.75. The molecule has 1 aromatic heterocycles. The summed E-state index contributed by atoms with van der Waals surface area (Å²) >= 11 is 0. The number of carbonyl (C=O) groups excluding carboxylic acids is 1. The van der Waals surface area contributed by atoms with Crippen molar-refractivity contribution in [2.45, 2.75) is 45.3 Å². The zero-order chi connectivity index (χ0) is 20.6. The fourth-order valence-electron chi connectivity index (χ4n) is 3.54. The molecule has 156 valence electrons. The average molecular weight is 398 g/mol. The van der Waals surface area contributed by atoms with E-state index in [1.165, 1.54) is 0 Å². The molecule has 7 heteroatoms. The number of nitrogens with one attached hydrogen (secondary N) is 2. The number of ether oxygens (including phenoxy) is 1. The lowest BCUT2D eigenvalue weighted by atomic mass is 9.86. The van der Waals surface area contributed by atoms with E-state index < -0.39 is 0 Å². The standard InChI is InChI=1S/C22H31N5O2/c1-16-13-20(27(2)3)26-21(24-16)25-19-11-9-17(10-12-19)14-23-22(28)29-15-18-7-5-4-6-8-18/h4-8,13,17,19H,9-12,14-15H2,1-3H3,(H,23,28)(H,24,25,26)/t17-,19+. The molecule has 1 aliphatic rings. The molecule has 2 aromatic rings. The van der Waals surface area contributed by atoms with Crippen LogP contribution in [-0.4, -0.2) is 42.7 Å². The van der Waals surface area contributed by atoms with E-state index in [1.54, 1.807) is 0 Å². The molecule has 1 aliphatic carbocycles. The van der Waals surface area contributed by atoms with E-state index in [0.29, 0.717) is 31.1 Å². The second-order valence-corrected chi connectivity index (χ2v) is 7.89. The molecule has 0 spiro atoms. The van der Waals surface area contributed by atoms with Gasteiger partial charge in [0.1, 0.15) is 12.4 Å². The van der Waals surface area contributed by atoms with Crippen molar-refractivity contribution >= 4 is 17.9 Å². The zero-order valence-electron chi connectivity index (χ0n) is 17.5. The van der Waals surface area contributed by atoms with Crippen LogP contribution in [0.1, 0.15) is 36.9 Å². The van der Waals surface area contributed by atoms with Crippen molar-refractivity contribution in [3.05, 3.63) is 47.7 Å². The fraction of sp³-hybridized carbons (Fsp3) is 0.500. The van der Waals surface area contributed by atoms with Gasteiger partial charge >= 0.3 is 6.09 Å². The van der Waals surface area contributed by atoms with Crippen LogP contribution in [0.15, 0.2) is 36.4 Å². The van der Waals surface area contributed by atoms with Crippen molar-refractivity contribution < 1.29 is 9.53 Å². The average Bonchev–Trinajstić information content (AvgIpc) is 2.72. The van der Waals surface area contributed by atoms with E-state index in [9.17, 15) is 4.79 Å². The molecule has 0 aliphatic heterocycles. The molecule has 1 saturated carbocycles. The quantitative estimate of drug-likeness (QED) is 0.741. The van der Waals surface area contributed by atoms with Crippen LogP contribution in [-0.2, 0) is 11.3 Å². The number of hydrogen-bond donors (Lipinski definition) is 2. The van der Waals surface area contributed by atoms with Crippen molar-refractivity contribution in [2.24, 2.45) is 5.92 Å². The van der Waals surface area contributed by atoms with E-state index in [-0.39, 0.29) is 6.09 Å². The number of hydrogen-bond acceptors (Lipinski definition) is 6. The summed E-state index contributed by atoms with van der Waals surface area (Å²) in [5.41, 5.74) is 1.95. The first kappa shape index (κ1) is 20.9. The summed E-state index contributed by atoms with van der Waals surface area (Å²) in [7, 11) is 3.96. The molecule has 29 heavy (non-hydrogen) atoms. The lowest BCUT2D eigenvalue weighted by Crippen LogP contribution is -2.34. The number of benzene rings is 1. The van der Waals surface area contributed by atoms with Crippen LogP contribution >= 0.6 is 0 Å². The fourth-order valence-corrected chi connectivity index (χ4v) is 3.54. The molecule has 0 saturated heterocycles. The normalized spacial score (nSPS) is 18.7. The van der Waals surface area contributed by atoms with E-state index in [0.717, 1.165) is 42.8 Å². The van der Waals surface area contributed by atoms with Gasteiger partial charge in [0.15, 0.2) is 0 Å². The van der Waals surface area contributed by atoms with E-state index in [2.05, 4.69) is 20.6 Å². The van der Waals surface area contributed by atoms with Crippen LogP contribution < -0.4 is 15.5 Å². The molecule has 1 amide bonds. The highest BCUT2D eigenvalue weighted by Crippen LogP contribution is 2.26. The zero-order valence-corrected chi connectivity index (χ0v) is 17.5. The highest BCUT2D eigenvalue weighted by Gasteiger charge is 2.22. The summed E-state index contributed by atoms with van der Waals surface area (Å²) < 4.78 is 5.28. The SMILES string of the molecule is Cc1cc(N(C)C)nc(N[C@H]2CC[C@@H](CNC(=O)OCc3ccccc3)CC2)n1. The maximum Gasteiger partial charge on any atom is 0.407 e. The number of nitrogens with zero attached hydrogens (tertiary/aromatic N) is 3. The largest absolute Gasteiger partial charge is 0.445 e. The Bertz CT molecular complexity index is 789. The maximum absolute atomic E-state index is 11.9. The third-order valence-electron chi connectivity index (χ3n) is 5.23. The van der Waals surface area contributed by atoms with Gasteiger partial charge in [0.2, 0.25) is 5.95 Å². The van der Waals surface area contributed by atoms with Gasteiger partial charge in [0.25, 0.3) is 0 Å². The minimum atomic E-state index is -0.349. The molecule has 0 bridgehead atoms. The third-order valence-corrected chi connectivity index (χ3v) is 5.23. The first-order valence-electron chi connectivity index (χ1n) is 10.2. The summed E-state index contributed by atoms with van der Waals surface area (Å²) in [6.07, 6.45) is 3.85. The first-order chi connectivity index (χ1) is 14.0. The molecule has 0 atom stereocenters. The highest BCUT2D eigenvalue weighted by molar-refractivity contribution is 5.67. The van der Waals surface area contributed by atoms with Crippen molar-refractivity contribution in [1.29, 1.82) is 0 Å². The van der Waals surface area contributed by atoms with Crippen LogP contribution in [0, 0.1) is 12.8 Å². The van der Waals surface area contributed by atoms with Gasteiger partial charge in [-0.3, -0.25) is 0 Å². The van der Waals surface area contributed by atoms with Gasteiger partial charge in [0.05, 0.1) is 0 Å². The molecule has 1 aromatic carbocycles. The molecule has 1 fully saturated rings. The Labute approximate surface area is 172 Å². The van der Waals surface area contributed by atoms with Crippen LogP contribution in [0.3, 0.4) is 0 Å². The minimum absolute atomic E-state index is 0.300. The molecule has 3 rings (SSSR count). The van der Waals surface area contributed by atoms with E-state index in [4.69, 9.17) is 4.74 Å². The van der Waals surface area contributed by atoms with Crippen LogP contribution in [0.4, 0.5) is 16.6 Å². The van der Waals surface area contributed by atoms with Crippen LogP contribution in [0.25, 0.3) is 0 Å². The Morgan fingerprint density at radius 2 is 1.86 bits per heavy atom. The van der Waals surface area contributed by atoms with E-state index in [1.807, 2.05) is 62.3 Å². The summed E-state index contributed by atoms with van der Waals surface area (Å²) in [4.78, 5) is 23.0. The minimum Gasteiger partial charge on any atom is -0.445 e. The number of rotatable bonds is 7. The van der Waals surface area contributed by atoms with Gasteiger partial charge in [-0.15, -0.1) is 0 Å². The van der Waals surface area contributed by atoms with Gasteiger partial charge in [-0.1, -0.05) is 30.3 Å². The third kappa shape index (κ3) is 6.62. The van der Waals surface area contributed by atoms with Gasteiger partial charge in [-0.2, -0.15) is 4.98 Å². The summed E-state index contributed by atoms with van der Waals surface area (Å²) in [5.74, 6) is 2.08. The lowest BCUT2D eigenvalue weighted by Gasteiger charge is -2.29. The monoisotopic (exact) mass is 397 g/mol. The Morgan fingerprint density at radius 3 is 2.55 bits per heavy atom. The number of aryl methyl sites for hydroxylation is 1. The molecular formula is C22H31N5O2. The Kier molecular flexibility index (Phi) is 7.27. The van der Waals surface area contributed by atoms with Gasteiger partial charge in [-0.05, 0) is 44.1 Å². The lowest BCUT2D eigenvalue weighted by molar-refractivity contribution is 0.136. The molecule has 0 radical (unpaired) electrons. The van der Waals surface area contributed by atoms with Gasteiger partial charge < -0.3 is 20.3 Å². The molecule has 0 unspecified atom stereocenters. The van der Waals surface area contributed by atoms with E-state index >= 15 is 0 Å². The molecule has 7 nitrogen and oxygen atoms in total. The first-order valence-corrected chi connectivity index (χ1v) is 10.2.